The van der Waals surface area contributed by atoms with E-state index in [0.29, 0.717) is 24.6 Å². The van der Waals surface area contributed by atoms with Gasteiger partial charge in [-0.3, -0.25) is 4.79 Å². The van der Waals surface area contributed by atoms with Crippen molar-refractivity contribution in [2.75, 3.05) is 6.54 Å². The normalized spacial score (nSPS) is 11.4. The molecule has 27 heavy (non-hydrogen) atoms. The maximum Gasteiger partial charge on any atom is 0.244 e. The SMILES string of the molecule is Cc1ccc(-c2nc3scc(CCNC(=O)C=Cc4ccco4)n3n2)cc1. The van der Waals surface area contributed by atoms with Crippen LogP contribution in [0.1, 0.15) is 17.0 Å². The number of benzene rings is 1. The highest BCUT2D eigenvalue weighted by molar-refractivity contribution is 7.15. The zero-order chi connectivity index (χ0) is 18.6. The number of carbonyl (C=O) groups is 1. The molecule has 136 valence electrons. The highest BCUT2D eigenvalue weighted by atomic mass is 32.1. The number of furan rings is 1. The van der Waals surface area contributed by atoms with Gasteiger partial charge in [0.25, 0.3) is 0 Å². The molecular formula is C20H18N4O2S. The van der Waals surface area contributed by atoms with Crippen molar-refractivity contribution in [2.24, 2.45) is 0 Å². The fourth-order valence-electron chi connectivity index (χ4n) is 2.64. The Labute approximate surface area is 160 Å². The van der Waals surface area contributed by atoms with Crippen LogP contribution in [0.5, 0.6) is 0 Å². The lowest BCUT2D eigenvalue weighted by atomic mass is 10.1. The van der Waals surface area contributed by atoms with Gasteiger partial charge in [0.2, 0.25) is 10.9 Å². The zero-order valence-corrected chi connectivity index (χ0v) is 15.6. The number of rotatable bonds is 6. The minimum Gasteiger partial charge on any atom is -0.465 e. The van der Waals surface area contributed by atoms with E-state index in [2.05, 4.69) is 34.5 Å². The minimum absolute atomic E-state index is 0.156. The maximum atomic E-state index is 11.9. The van der Waals surface area contributed by atoms with Crippen LogP contribution in [0.4, 0.5) is 0 Å². The van der Waals surface area contributed by atoms with E-state index in [-0.39, 0.29) is 5.91 Å². The van der Waals surface area contributed by atoms with Crippen molar-refractivity contribution in [3.8, 4) is 11.4 Å². The van der Waals surface area contributed by atoms with Gasteiger partial charge in [0.1, 0.15) is 5.76 Å². The van der Waals surface area contributed by atoms with Crippen molar-refractivity contribution in [3.63, 3.8) is 0 Å². The number of nitrogens with one attached hydrogen (secondary N) is 1. The minimum atomic E-state index is -0.156. The quantitative estimate of drug-likeness (QED) is 0.519. The van der Waals surface area contributed by atoms with E-state index < -0.39 is 0 Å². The average Bonchev–Trinajstić information content (AvgIpc) is 3.39. The van der Waals surface area contributed by atoms with E-state index in [9.17, 15) is 4.79 Å². The molecule has 7 heteroatoms. The highest BCUT2D eigenvalue weighted by Gasteiger charge is 2.11. The van der Waals surface area contributed by atoms with Gasteiger partial charge in [-0.25, -0.2) is 4.52 Å². The molecule has 0 unspecified atom stereocenters. The number of aromatic nitrogens is 3. The van der Waals surface area contributed by atoms with Crippen LogP contribution in [0.15, 0.2) is 58.5 Å². The molecule has 0 bridgehead atoms. The van der Waals surface area contributed by atoms with E-state index in [1.54, 1.807) is 35.8 Å². The molecule has 0 fully saturated rings. The van der Waals surface area contributed by atoms with Gasteiger partial charge < -0.3 is 9.73 Å². The second kappa shape index (κ2) is 7.59. The lowest BCUT2D eigenvalue weighted by Gasteiger charge is -2.01. The lowest BCUT2D eigenvalue weighted by molar-refractivity contribution is -0.116. The average molecular weight is 378 g/mol. The van der Waals surface area contributed by atoms with Gasteiger partial charge in [0.05, 0.1) is 12.0 Å². The summed E-state index contributed by atoms with van der Waals surface area (Å²) in [4.78, 5) is 17.3. The smallest absolute Gasteiger partial charge is 0.244 e. The summed E-state index contributed by atoms with van der Waals surface area (Å²) in [6, 6.07) is 11.7. The zero-order valence-electron chi connectivity index (χ0n) is 14.8. The molecule has 1 N–H and O–H groups in total. The molecule has 1 amide bonds. The number of hydrogen-bond acceptors (Lipinski definition) is 5. The summed E-state index contributed by atoms with van der Waals surface area (Å²) in [5.41, 5.74) is 3.23. The van der Waals surface area contributed by atoms with Gasteiger partial charge in [-0.2, -0.15) is 4.98 Å². The summed E-state index contributed by atoms with van der Waals surface area (Å²) in [6.07, 6.45) is 5.36. The van der Waals surface area contributed by atoms with Gasteiger partial charge in [0, 0.05) is 30.0 Å². The second-order valence-electron chi connectivity index (χ2n) is 6.11. The summed E-state index contributed by atoms with van der Waals surface area (Å²) in [6.45, 7) is 2.58. The second-order valence-corrected chi connectivity index (χ2v) is 6.95. The fraction of sp³-hybridized carbons (Fsp3) is 0.150. The van der Waals surface area contributed by atoms with Crippen molar-refractivity contribution >= 4 is 28.3 Å². The maximum absolute atomic E-state index is 11.9. The van der Waals surface area contributed by atoms with E-state index in [4.69, 9.17) is 4.42 Å². The molecule has 0 aliphatic carbocycles. The van der Waals surface area contributed by atoms with Gasteiger partial charge in [-0.15, -0.1) is 16.4 Å². The number of thiazole rings is 1. The van der Waals surface area contributed by atoms with Crippen LogP contribution in [0.2, 0.25) is 0 Å². The highest BCUT2D eigenvalue weighted by Crippen LogP contribution is 2.21. The molecule has 0 saturated carbocycles. The van der Waals surface area contributed by atoms with E-state index in [0.717, 1.165) is 16.2 Å². The first kappa shape index (κ1) is 17.2. The number of nitrogens with zero attached hydrogens (tertiary/aromatic N) is 3. The monoisotopic (exact) mass is 378 g/mol. The van der Waals surface area contributed by atoms with Crippen LogP contribution in [0, 0.1) is 6.92 Å². The summed E-state index contributed by atoms with van der Waals surface area (Å²) < 4.78 is 7.01. The predicted octanol–water partition coefficient (Wildman–Crippen LogP) is 3.73. The number of carbonyl (C=O) groups excluding carboxylic acids is 1. The third kappa shape index (κ3) is 3.98. The topological polar surface area (TPSA) is 72.4 Å². The fourth-order valence-corrected chi connectivity index (χ4v) is 3.49. The first-order valence-corrected chi connectivity index (χ1v) is 9.46. The molecule has 6 nitrogen and oxygen atoms in total. The van der Waals surface area contributed by atoms with Crippen LogP contribution < -0.4 is 5.32 Å². The standard InChI is InChI=1S/C20H18N4O2S/c1-14-4-6-15(7-5-14)19-22-20-24(23-19)16(13-27-20)10-11-21-18(25)9-8-17-3-2-12-26-17/h2-9,12-13H,10-11H2,1H3,(H,21,25). The molecule has 0 aliphatic rings. The van der Waals surface area contributed by atoms with Crippen LogP contribution in [-0.4, -0.2) is 27.0 Å². The Hall–Kier alpha value is -3.19. The van der Waals surface area contributed by atoms with Crippen molar-refractivity contribution in [1.29, 1.82) is 0 Å². The van der Waals surface area contributed by atoms with Crippen molar-refractivity contribution in [1.82, 2.24) is 19.9 Å². The predicted molar refractivity (Wildman–Crippen MR) is 105 cm³/mol. The van der Waals surface area contributed by atoms with Crippen LogP contribution >= 0.6 is 11.3 Å². The number of amides is 1. The molecule has 0 atom stereocenters. The Morgan fingerprint density at radius 3 is 2.93 bits per heavy atom. The number of hydrogen-bond donors (Lipinski definition) is 1. The Morgan fingerprint density at radius 2 is 2.15 bits per heavy atom. The molecule has 4 aromatic rings. The Bertz CT molecular complexity index is 1080. The molecule has 1 aromatic carbocycles. The third-order valence-corrected chi connectivity index (χ3v) is 4.95. The molecule has 3 aromatic heterocycles. The number of aryl methyl sites for hydroxylation is 1. The Morgan fingerprint density at radius 1 is 1.30 bits per heavy atom. The first-order chi connectivity index (χ1) is 13.2. The van der Waals surface area contributed by atoms with Crippen LogP contribution in [0.25, 0.3) is 22.4 Å². The van der Waals surface area contributed by atoms with Gasteiger partial charge in [-0.05, 0) is 25.1 Å². The molecule has 0 saturated heterocycles. The van der Waals surface area contributed by atoms with Crippen molar-refractivity contribution in [2.45, 2.75) is 13.3 Å². The Kier molecular flexibility index (Phi) is 4.84. The molecule has 0 aliphatic heterocycles. The molecule has 3 heterocycles. The molecule has 0 spiro atoms. The van der Waals surface area contributed by atoms with E-state index in [1.807, 2.05) is 22.0 Å². The molecule has 0 radical (unpaired) electrons. The van der Waals surface area contributed by atoms with Crippen LogP contribution in [0.3, 0.4) is 0 Å². The summed E-state index contributed by atoms with van der Waals surface area (Å²) in [7, 11) is 0. The molecular weight excluding hydrogens is 360 g/mol. The van der Waals surface area contributed by atoms with E-state index >= 15 is 0 Å². The van der Waals surface area contributed by atoms with Crippen molar-refractivity contribution < 1.29 is 9.21 Å². The van der Waals surface area contributed by atoms with Gasteiger partial charge in [-0.1, -0.05) is 29.8 Å². The number of fused-ring (bicyclic) bond motifs is 1. The summed E-state index contributed by atoms with van der Waals surface area (Å²) >= 11 is 1.55. The Balaban J connectivity index is 1.39. The van der Waals surface area contributed by atoms with Crippen molar-refractivity contribution in [3.05, 3.63) is 71.1 Å². The van der Waals surface area contributed by atoms with Crippen LogP contribution in [-0.2, 0) is 11.2 Å². The summed E-state index contributed by atoms with van der Waals surface area (Å²) in [5.74, 6) is 1.21. The first-order valence-electron chi connectivity index (χ1n) is 8.58. The summed E-state index contributed by atoms with van der Waals surface area (Å²) in [5, 5.41) is 9.51. The largest absolute Gasteiger partial charge is 0.465 e. The van der Waals surface area contributed by atoms with Gasteiger partial charge in [0.15, 0.2) is 5.82 Å². The third-order valence-electron chi connectivity index (χ3n) is 4.08. The van der Waals surface area contributed by atoms with E-state index in [1.165, 1.54) is 11.6 Å². The molecule has 4 rings (SSSR count). The lowest BCUT2D eigenvalue weighted by Crippen LogP contribution is -2.23. The van der Waals surface area contributed by atoms with Gasteiger partial charge >= 0.3 is 0 Å².